The number of carbonyl (C=O) groups is 2. The van der Waals surface area contributed by atoms with Crippen LogP contribution in [0.15, 0.2) is 23.1 Å². The second kappa shape index (κ2) is 8.48. The van der Waals surface area contributed by atoms with Gasteiger partial charge in [0.25, 0.3) is 0 Å². The molecule has 0 atom stereocenters. The zero-order valence-electron chi connectivity index (χ0n) is 17.0. The fraction of sp³-hybridized carbons (Fsp3) is 0.579. The van der Waals surface area contributed by atoms with Gasteiger partial charge in [-0.3, -0.25) is 4.79 Å². The molecule has 0 aromatic heterocycles. The van der Waals surface area contributed by atoms with Crippen molar-refractivity contribution in [3.8, 4) is 0 Å². The van der Waals surface area contributed by atoms with Gasteiger partial charge in [-0.05, 0) is 58.2 Å². The average molecular weight is 412 g/mol. The van der Waals surface area contributed by atoms with Crippen molar-refractivity contribution in [3.63, 3.8) is 0 Å². The number of hydrogen-bond acceptors (Lipinski definition) is 5. The van der Waals surface area contributed by atoms with E-state index in [1.165, 1.54) is 13.0 Å². The number of ether oxygens (including phenoxy) is 1. The van der Waals surface area contributed by atoms with Gasteiger partial charge in [0, 0.05) is 31.7 Å². The Bertz CT molecular complexity index is 838. The van der Waals surface area contributed by atoms with E-state index in [0.29, 0.717) is 37.2 Å². The van der Waals surface area contributed by atoms with Crippen LogP contribution in [0.5, 0.6) is 0 Å². The first-order valence-electron chi connectivity index (χ1n) is 9.26. The molecule has 28 heavy (non-hydrogen) atoms. The van der Waals surface area contributed by atoms with Gasteiger partial charge in [0.05, 0.1) is 4.90 Å². The first-order chi connectivity index (χ1) is 12.9. The zero-order valence-corrected chi connectivity index (χ0v) is 17.9. The molecule has 0 saturated carbocycles. The lowest BCUT2D eigenvalue weighted by Crippen LogP contribution is -2.47. The van der Waals surface area contributed by atoms with Crippen molar-refractivity contribution in [2.24, 2.45) is 0 Å². The molecule has 156 valence electrons. The minimum atomic E-state index is -3.75. The number of hydrogen-bond donors (Lipinski definition) is 2. The number of anilines is 1. The molecule has 1 aromatic rings. The standard InChI is InChI=1S/C19H29N3O5S/c1-13-6-7-16(20-14(2)23)12-17(13)28(25,26)21-15-8-10-22(11-9-15)18(24)27-19(3,4)5/h6-7,12,15,21H,8-11H2,1-5H3,(H,20,23). The second-order valence-corrected chi connectivity index (χ2v) is 9.71. The molecule has 9 heteroatoms. The van der Waals surface area contributed by atoms with Gasteiger partial charge in [0.1, 0.15) is 5.60 Å². The smallest absolute Gasteiger partial charge is 0.410 e. The van der Waals surface area contributed by atoms with Crippen molar-refractivity contribution in [1.29, 1.82) is 0 Å². The summed E-state index contributed by atoms with van der Waals surface area (Å²) < 4.78 is 33.7. The Hall–Kier alpha value is -2.13. The van der Waals surface area contributed by atoms with E-state index in [4.69, 9.17) is 4.74 Å². The number of nitrogens with one attached hydrogen (secondary N) is 2. The summed E-state index contributed by atoms with van der Waals surface area (Å²) >= 11 is 0. The summed E-state index contributed by atoms with van der Waals surface area (Å²) in [5.74, 6) is -0.269. The highest BCUT2D eigenvalue weighted by atomic mass is 32.2. The van der Waals surface area contributed by atoms with Crippen LogP contribution in [0.4, 0.5) is 10.5 Å². The highest BCUT2D eigenvalue weighted by Crippen LogP contribution is 2.22. The number of amides is 2. The molecular formula is C19H29N3O5S. The Balaban J connectivity index is 2.02. The first-order valence-corrected chi connectivity index (χ1v) is 10.7. The van der Waals surface area contributed by atoms with E-state index in [9.17, 15) is 18.0 Å². The Morgan fingerprint density at radius 1 is 1.18 bits per heavy atom. The topological polar surface area (TPSA) is 105 Å². The SMILES string of the molecule is CC(=O)Nc1ccc(C)c(S(=O)(=O)NC2CCN(C(=O)OC(C)(C)C)CC2)c1. The van der Waals surface area contributed by atoms with Crippen LogP contribution in [0.25, 0.3) is 0 Å². The van der Waals surface area contributed by atoms with Crippen molar-refractivity contribution < 1.29 is 22.7 Å². The van der Waals surface area contributed by atoms with Gasteiger partial charge in [-0.1, -0.05) is 6.07 Å². The van der Waals surface area contributed by atoms with E-state index in [-0.39, 0.29) is 22.9 Å². The van der Waals surface area contributed by atoms with E-state index in [2.05, 4.69) is 10.0 Å². The van der Waals surface area contributed by atoms with Gasteiger partial charge in [-0.2, -0.15) is 0 Å². The highest BCUT2D eigenvalue weighted by molar-refractivity contribution is 7.89. The van der Waals surface area contributed by atoms with E-state index in [0.717, 1.165) is 0 Å². The molecule has 1 aromatic carbocycles. The molecule has 1 heterocycles. The Kier molecular flexibility index (Phi) is 6.71. The van der Waals surface area contributed by atoms with E-state index < -0.39 is 15.6 Å². The first kappa shape index (κ1) is 22.2. The molecule has 0 unspecified atom stereocenters. The summed E-state index contributed by atoms with van der Waals surface area (Å²) in [5, 5.41) is 2.60. The van der Waals surface area contributed by atoms with Gasteiger partial charge in [0.2, 0.25) is 15.9 Å². The molecule has 0 aliphatic carbocycles. The molecule has 0 bridgehead atoms. The van der Waals surface area contributed by atoms with Gasteiger partial charge >= 0.3 is 6.09 Å². The normalized spacial score (nSPS) is 16.0. The summed E-state index contributed by atoms with van der Waals surface area (Å²) in [7, 11) is -3.75. The van der Waals surface area contributed by atoms with Crippen LogP contribution < -0.4 is 10.0 Å². The summed E-state index contributed by atoms with van der Waals surface area (Å²) in [5.41, 5.74) is 0.456. The molecule has 1 aliphatic heterocycles. The number of carbonyl (C=O) groups excluding carboxylic acids is 2. The van der Waals surface area contributed by atoms with Crippen LogP contribution in [0, 0.1) is 6.92 Å². The Morgan fingerprint density at radius 3 is 2.32 bits per heavy atom. The summed E-state index contributed by atoms with van der Waals surface area (Å²) in [6.45, 7) is 9.34. The summed E-state index contributed by atoms with van der Waals surface area (Å²) in [4.78, 5) is 25.1. The van der Waals surface area contributed by atoms with Crippen LogP contribution in [0.2, 0.25) is 0 Å². The molecule has 1 aliphatic rings. The summed E-state index contributed by atoms with van der Waals surface area (Å²) in [6.07, 6.45) is 0.624. The molecule has 2 amide bonds. The third-order valence-electron chi connectivity index (χ3n) is 4.27. The van der Waals surface area contributed by atoms with Crippen molar-refractivity contribution in [2.45, 2.75) is 64.0 Å². The van der Waals surface area contributed by atoms with Gasteiger partial charge in [0.15, 0.2) is 0 Å². The maximum absolute atomic E-state index is 12.8. The number of rotatable bonds is 4. The van der Waals surface area contributed by atoms with Gasteiger partial charge in [-0.15, -0.1) is 0 Å². The van der Waals surface area contributed by atoms with Crippen molar-refractivity contribution >= 4 is 27.7 Å². The molecule has 1 saturated heterocycles. The molecule has 1 fully saturated rings. The monoisotopic (exact) mass is 411 g/mol. The number of aryl methyl sites for hydroxylation is 1. The number of nitrogens with zero attached hydrogens (tertiary/aromatic N) is 1. The largest absolute Gasteiger partial charge is 0.444 e. The predicted octanol–water partition coefficient (Wildman–Crippen LogP) is 2.63. The molecule has 0 radical (unpaired) electrons. The van der Waals surface area contributed by atoms with Crippen molar-refractivity contribution in [2.75, 3.05) is 18.4 Å². The maximum Gasteiger partial charge on any atom is 0.410 e. The third-order valence-corrected chi connectivity index (χ3v) is 5.93. The number of piperidine rings is 1. The average Bonchev–Trinajstić information content (AvgIpc) is 2.54. The van der Waals surface area contributed by atoms with E-state index >= 15 is 0 Å². The Labute approximate surface area is 166 Å². The van der Waals surface area contributed by atoms with E-state index in [1.807, 2.05) is 20.8 Å². The second-order valence-electron chi connectivity index (χ2n) is 8.02. The lowest BCUT2D eigenvalue weighted by Gasteiger charge is -2.33. The quantitative estimate of drug-likeness (QED) is 0.792. The van der Waals surface area contributed by atoms with E-state index in [1.54, 1.807) is 24.0 Å². The molecular weight excluding hydrogens is 382 g/mol. The molecule has 2 N–H and O–H groups in total. The lowest BCUT2D eigenvalue weighted by molar-refractivity contribution is -0.114. The van der Waals surface area contributed by atoms with Crippen LogP contribution in [-0.2, 0) is 19.6 Å². The lowest BCUT2D eigenvalue weighted by atomic mass is 10.1. The van der Waals surface area contributed by atoms with Crippen LogP contribution in [0.1, 0.15) is 46.1 Å². The fourth-order valence-electron chi connectivity index (χ4n) is 2.96. The van der Waals surface area contributed by atoms with Crippen LogP contribution in [0.3, 0.4) is 0 Å². The number of benzene rings is 1. The number of likely N-dealkylation sites (tertiary alicyclic amines) is 1. The molecule has 0 spiro atoms. The Morgan fingerprint density at radius 2 is 1.79 bits per heavy atom. The van der Waals surface area contributed by atoms with Crippen LogP contribution in [-0.4, -0.2) is 50.1 Å². The van der Waals surface area contributed by atoms with Gasteiger partial charge in [-0.25, -0.2) is 17.9 Å². The summed E-state index contributed by atoms with van der Waals surface area (Å²) in [6, 6.07) is 4.50. The zero-order chi connectivity index (χ0) is 21.1. The van der Waals surface area contributed by atoms with Crippen molar-refractivity contribution in [1.82, 2.24) is 9.62 Å². The molecule has 8 nitrogen and oxygen atoms in total. The predicted molar refractivity (Wildman–Crippen MR) is 107 cm³/mol. The molecule has 2 rings (SSSR count). The maximum atomic E-state index is 12.8. The third kappa shape index (κ3) is 6.20. The minimum Gasteiger partial charge on any atom is -0.444 e. The minimum absolute atomic E-state index is 0.133. The highest BCUT2D eigenvalue weighted by Gasteiger charge is 2.29. The van der Waals surface area contributed by atoms with Crippen molar-refractivity contribution in [3.05, 3.63) is 23.8 Å². The number of sulfonamides is 1. The van der Waals surface area contributed by atoms with Gasteiger partial charge < -0.3 is 15.0 Å². The fourth-order valence-corrected chi connectivity index (χ4v) is 4.54. The van der Waals surface area contributed by atoms with Crippen LogP contribution >= 0.6 is 0 Å².